The summed E-state index contributed by atoms with van der Waals surface area (Å²) in [5.74, 6) is 1.43. The van der Waals surface area contributed by atoms with Crippen molar-refractivity contribution in [3.8, 4) is 5.75 Å². The molecule has 1 aliphatic heterocycles. The fraction of sp³-hybridized carbons (Fsp3) is 0.368. The molecule has 2 aromatic rings. The number of benzene rings is 2. The maximum absolute atomic E-state index is 6.03. The third-order valence-electron chi connectivity index (χ3n) is 3.96. The van der Waals surface area contributed by atoms with Gasteiger partial charge in [0.1, 0.15) is 5.75 Å². The van der Waals surface area contributed by atoms with Gasteiger partial charge in [-0.1, -0.05) is 48.5 Å². The molecule has 3 nitrogen and oxygen atoms in total. The van der Waals surface area contributed by atoms with E-state index >= 15 is 0 Å². The molecule has 1 fully saturated rings. The largest absolute Gasteiger partial charge is 0.493 e. The highest BCUT2D eigenvalue weighted by Gasteiger charge is 2.22. The zero-order valence-corrected chi connectivity index (χ0v) is 12.8. The van der Waals surface area contributed by atoms with Crippen LogP contribution in [0, 0.1) is 5.92 Å². The minimum atomic E-state index is 0.262. The average molecular weight is 297 g/mol. The number of hydrogen-bond donors (Lipinski definition) is 1. The summed E-state index contributed by atoms with van der Waals surface area (Å²) in [6.07, 6.45) is 1.31. The molecule has 0 aromatic heterocycles. The van der Waals surface area contributed by atoms with Gasteiger partial charge < -0.3 is 14.8 Å². The fourth-order valence-corrected chi connectivity index (χ4v) is 2.76. The molecular weight excluding hydrogens is 274 g/mol. The van der Waals surface area contributed by atoms with Gasteiger partial charge in [-0.05, 0) is 24.1 Å². The van der Waals surface area contributed by atoms with E-state index in [1.54, 1.807) is 0 Å². The topological polar surface area (TPSA) is 30.5 Å². The molecule has 0 saturated carbocycles. The molecule has 0 radical (unpaired) electrons. The van der Waals surface area contributed by atoms with Crippen LogP contribution >= 0.6 is 0 Å². The molecule has 116 valence electrons. The number of rotatable bonds is 6. The summed E-state index contributed by atoms with van der Waals surface area (Å²) in [6.45, 7) is 3.34. The predicted octanol–water partition coefficient (Wildman–Crippen LogP) is 3.26. The van der Waals surface area contributed by atoms with Crippen LogP contribution in [-0.4, -0.2) is 25.8 Å². The number of para-hydroxylation sites is 1. The van der Waals surface area contributed by atoms with E-state index in [9.17, 15) is 0 Å². The SMILES string of the molecule is c1ccc(COC2CNCC(COc3ccccc3)C2)cc1. The Kier molecular flexibility index (Phi) is 5.46. The Balaban J connectivity index is 1.43. The van der Waals surface area contributed by atoms with Crippen molar-refractivity contribution in [1.29, 1.82) is 0 Å². The summed E-state index contributed by atoms with van der Waals surface area (Å²) in [4.78, 5) is 0. The molecule has 2 aromatic carbocycles. The lowest BCUT2D eigenvalue weighted by atomic mass is 9.98. The lowest BCUT2D eigenvalue weighted by molar-refractivity contribution is 0.00485. The fourth-order valence-electron chi connectivity index (χ4n) is 2.76. The first kappa shape index (κ1) is 15.1. The van der Waals surface area contributed by atoms with Crippen LogP contribution in [0.4, 0.5) is 0 Å². The van der Waals surface area contributed by atoms with E-state index < -0.39 is 0 Å². The first-order valence-corrected chi connectivity index (χ1v) is 7.94. The molecule has 2 unspecified atom stereocenters. The molecule has 1 N–H and O–H groups in total. The highest BCUT2D eigenvalue weighted by atomic mass is 16.5. The minimum absolute atomic E-state index is 0.262. The van der Waals surface area contributed by atoms with Gasteiger partial charge in [-0.3, -0.25) is 0 Å². The quantitative estimate of drug-likeness (QED) is 0.888. The van der Waals surface area contributed by atoms with Gasteiger partial charge in [-0.15, -0.1) is 0 Å². The van der Waals surface area contributed by atoms with Crippen molar-refractivity contribution in [3.63, 3.8) is 0 Å². The lowest BCUT2D eigenvalue weighted by Gasteiger charge is -2.30. The van der Waals surface area contributed by atoms with Crippen molar-refractivity contribution in [2.24, 2.45) is 5.92 Å². The van der Waals surface area contributed by atoms with Crippen LogP contribution in [0.1, 0.15) is 12.0 Å². The standard InChI is InChI=1S/C19H23NO2/c1-3-7-16(8-4-1)14-22-19-11-17(12-20-13-19)15-21-18-9-5-2-6-10-18/h1-10,17,19-20H,11-15H2. The van der Waals surface area contributed by atoms with Gasteiger partial charge >= 0.3 is 0 Å². The van der Waals surface area contributed by atoms with Crippen molar-refractivity contribution in [2.45, 2.75) is 19.1 Å². The zero-order chi connectivity index (χ0) is 15.0. The highest BCUT2D eigenvalue weighted by molar-refractivity contribution is 5.20. The van der Waals surface area contributed by atoms with Crippen LogP contribution in [-0.2, 0) is 11.3 Å². The smallest absolute Gasteiger partial charge is 0.119 e. The van der Waals surface area contributed by atoms with E-state index in [2.05, 4.69) is 17.4 Å². The Bertz CT molecular complexity index is 494. The highest BCUT2D eigenvalue weighted by Crippen LogP contribution is 2.17. The number of nitrogens with one attached hydrogen (secondary N) is 1. The molecule has 0 bridgehead atoms. The van der Waals surface area contributed by atoms with Crippen LogP contribution in [0.25, 0.3) is 0 Å². The molecule has 2 atom stereocenters. The third-order valence-corrected chi connectivity index (χ3v) is 3.96. The minimum Gasteiger partial charge on any atom is -0.493 e. The summed E-state index contributed by atoms with van der Waals surface area (Å²) in [5.41, 5.74) is 1.23. The monoisotopic (exact) mass is 297 g/mol. The van der Waals surface area contributed by atoms with Gasteiger partial charge in [-0.2, -0.15) is 0 Å². The molecule has 3 heteroatoms. The molecule has 1 aliphatic rings. The van der Waals surface area contributed by atoms with E-state index in [4.69, 9.17) is 9.47 Å². The molecule has 0 aliphatic carbocycles. The van der Waals surface area contributed by atoms with Gasteiger partial charge in [0.15, 0.2) is 0 Å². The van der Waals surface area contributed by atoms with Crippen LogP contribution in [0.3, 0.4) is 0 Å². The van der Waals surface area contributed by atoms with E-state index in [0.717, 1.165) is 31.9 Å². The third kappa shape index (κ3) is 4.58. The van der Waals surface area contributed by atoms with Crippen LogP contribution in [0.15, 0.2) is 60.7 Å². The van der Waals surface area contributed by atoms with E-state index in [1.165, 1.54) is 5.56 Å². The predicted molar refractivity (Wildman–Crippen MR) is 87.9 cm³/mol. The van der Waals surface area contributed by atoms with Crippen LogP contribution in [0.2, 0.25) is 0 Å². The number of ether oxygens (including phenoxy) is 2. The maximum Gasteiger partial charge on any atom is 0.119 e. The number of piperidine rings is 1. The van der Waals surface area contributed by atoms with Gasteiger partial charge in [0.05, 0.1) is 19.3 Å². The maximum atomic E-state index is 6.03. The summed E-state index contributed by atoms with van der Waals surface area (Å²) in [6, 6.07) is 20.3. The summed E-state index contributed by atoms with van der Waals surface area (Å²) >= 11 is 0. The Labute approximate surface area is 132 Å². The van der Waals surface area contributed by atoms with E-state index in [0.29, 0.717) is 12.5 Å². The molecule has 0 amide bonds. The molecule has 22 heavy (non-hydrogen) atoms. The Morgan fingerprint density at radius 1 is 0.909 bits per heavy atom. The normalized spacial score (nSPS) is 21.5. The van der Waals surface area contributed by atoms with Crippen LogP contribution < -0.4 is 10.1 Å². The molecule has 1 heterocycles. The van der Waals surface area contributed by atoms with Crippen LogP contribution in [0.5, 0.6) is 5.75 Å². The Morgan fingerprint density at radius 3 is 2.41 bits per heavy atom. The first-order valence-electron chi connectivity index (χ1n) is 7.94. The molecule has 0 spiro atoms. The van der Waals surface area contributed by atoms with Crippen molar-refractivity contribution in [3.05, 3.63) is 66.2 Å². The van der Waals surface area contributed by atoms with Crippen molar-refractivity contribution >= 4 is 0 Å². The van der Waals surface area contributed by atoms with E-state index in [-0.39, 0.29) is 6.10 Å². The summed E-state index contributed by atoms with van der Waals surface area (Å²) < 4.78 is 11.9. The lowest BCUT2D eigenvalue weighted by Crippen LogP contribution is -2.42. The van der Waals surface area contributed by atoms with Crippen molar-refractivity contribution in [1.82, 2.24) is 5.32 Å². The Hall–Kier alpha value is -1.84. The molecule has 3 rings (SSSR count). The molecular formula is C19H23NO2. The second kappa shape index (κ2) is 7.97. The van der Waals surface area contributed by atoms with E-state index in [1.807, 2.05) is 48.5 Å². The molecule has 1 saturated heterocycles. The summed E-state index contributed by atoms with van der Waals surface area (Å²) in [7, 11) is 0. The van der Waals surface area contributed by atoms with Gasteiger partial charge in [0, 0.05) is 19.0 Å². The Morgan fingerprint density at radius 2 is 1.64 bits per heavy atom. The second-order valence-corrected chi connectivity index (χ2v) is 5.80. The van der Waals surface area contributed by atoms with Crippen molar-refractivity contribution in [2.75, 3.05) is 19.7 Å². The average Bonchev–Trinajstić information content (AvgIpc) is 2.60. The van der Waals surface area contributed by atoms with Gasteiger partial charge in [-0.25, -0.2) is 0 Å². The zero-order valence-electron chi connectivity index (χ0n) is 12.8. The second-order valence-electron chi connectivity index (χ2n) is 5.80. The summed E-state index contributed by atoms with van der Waals surface area (Å²) in [5, 5.41) is 3.45. The van der Waals surface area contributed by atoms with Gasteiger partial charge in [0.25, 0.3) is 0 Å². The number of hydrogen-bond acceptors (Lipinski definition) is 3. The van der Waals surface area contributed by atoms with Gasteiger partial charge in [0.2, 0.25) is 0 Å². The first-order chi connectivity index (χ1) is 10.9. The van der Waals surface area contributed by atoms with Crippen molar-refractivity contribution < 1.29 is 9.47 Å².